The molecule has 0 radical (unpaired) electrons. The van der Waals surface area contributed by atoms with Gasteiger partial charge in [0.25, 0.3) is 0 Å². The number of aromatic nitrogens is 4. The van der Waals surface area contributed by atoms with Gasteiger partial charge >= 0.3 is 0 Å². The summed E-state index contributed by atoms with van der Waals surface area (Å²) < 4.78 is 0. The number of allylic oxidation sites excluding steroid dienone is 3. The van der Waals surface area contributed by atoms with E-state index in [1.807, 2.05) is 73.4 Å². The molecule has 0 aliphatic carbocycles. The van der Waals surface area contributed by atoms with Gasteiger partial charge in [-0.25, -0.2) is 0 Å². The van der Waals surface area contributed by atoms with E-state index in [1.165, 1.54) is 60.6 Å². The summed E-state index contributed by atoms with van der Waals surface area (Å²) in [5, 5.41) is 13.8. The van der Waals surface area contributed by atoms with Crippen molar-refractivity contribution < 1.29 is 0 Å². The zero-order chi connectivity index (χ0) is 41.5. The number of nitrogens with zero attached hydrogens (tertiary/aromatic N) is 4. The Morgan fingerprint density at radius 1 is 0.383 bits per heavy atom. The van der Waals surface area contributed by atoms with Crippen LogP contribution < -0.4 is 0 Å². The Bertz CT molecular complexity index is 2870. The van der Waals surface area contributed by atoms with E-state index in [9.17, 15) is 0 Å². The summed E-state index contributed by atoms with van der Waals surface area (Å²) in [4.78, 5) is 17.2. The van der Waals surface area contributed by atoms with Gasteiger partial charge in [0, 0.05) is 66.3 Å². The fraction of sp³-hybridized carbons (Fsp3) is 0. The highest BCUT2D eigenvalue weighted by atomic mass is 14.7. The minimum Gasteiger partial charge on any atom is -0.309 e. The maximum Gasteiger partial charge on any atom is 0.0702 e. The molecule has 4 aromatic heterocycles. The molecule has 0 spiro atoms. The van der Waals surface area contributed by atoms with Gasteiger partial charge in [0.05, 0.1) is 5.69 Å². The van der Waals surface area contributed by atoms with Crippen LogP contribution in [0.1, 0.15) is 0 Å². The molecule has 10 rings (SSSR count). The minimum absolute atomic E-state index is 0.978. The van der Waals surface area contributed by atoms with E-state index < -0.39 is 0 Å². The van der Waals surface area contributed by atoms with Gasteiger partial charge in [0.1, 0.15) is 0 Å². The summed E-state index contributed by atoms with van der Waals surface area (Å²) in [7, 11) is 0. The van der Waals surface area contributed by atoms with Gasteiger partial charge in [0.15, 0.2) is 0 Å². The van der Waals surface area contributed by atoms with Crippen LogP contribution in [0.3, 0.4) is 0 Å². The van der Waals surface area contributed by atoms with E-state index in [1.54, 1.807) is 24.5 Å². The topological polar surface area (TPSA) is 75.4 Å². The van der Waals surface area contributed by atoms with Crippen LogP contribution in [0.25, 0.3) is 88.1 Å². The van der Waals surface area contributed by atoms with Crippen LogP contribution in [-0.2, 0) is 0 Å². The number of rotatable bonds is 7. The van der Waals surface area contributed by atoms with E-state index in [0.717, 1.165) is 39.7 Å². The highest BCUT2D eigenvalue weighted by Crippen LogP contribution is 2.43. The second-order valence-electron chi connectivity index (χ2n) is 13.6. The molecular formula is C55H43N5. The second kappa shape index (κ2) is 19.8. The Morgan fingerprint density at radius 2 is 0.867 bits per heavy atom. The molecular weight excluding hydrogens is 731 g/mol. The highest BCUT2D eigenvalue weighted by molar-refractivity contribution is 6.27. The number of benzene rings is 6. The van der Waals surface area contributed by atoms with E-state index in [0.29, 0.717) is 0 Å². The molecule has 5 nitrogen and oxygen atoms in total. The smallest absolute Gasteiger partial charge is 0.0702 e. The lowest BCUT2D eigenvalue weighted by molar-refractivity contribution is 1.32. The fourth-order valence-corrected chi connectivity index (χ4v) is 7.18. The van der Waals surface area contributed by atoms with Crippen LogP contribution in [0.5, 0.6) is 0 Å². The van der Waals surface area contributed by atoms with Crippen LogP contribution in [0.2, 0.25) is 0 Å². The molecule has 0 unspecified atom stereocenters. The Morgan fingerprint density at radius 3 is 1.33 bits per heavy atom. The zero-order valence-electron chi connectivity index (χ0n) is 33.2. The molecule has 0 fully saturated rings. The van der Waals surface area contributed by atoms with Gasteiger partial charge in [0.2, 0.25) is 0 Å². The molecule has 0 aliphatic rings. The van der Waals surface area contributed by atoms with Crippen LogP contribution in [0.4, 0.5) is 0 Å². The van der Waals surface area contributed by atoms with Gasteiger partial charge in [-0.2, -0.15) is 0 Å². The maximum absolute atomic E-state index is 6.21. The lowest BCUT2D eigenvalue weighted by Crippen LogP contribution is -1.91. The standard InChI is InChI=1S/C43H27N3.C5H5N.C4H6.C3H5N/c1-2-21-46-41(10-1)31-7-3-6-30(22-31)37-15-11-28-14-18-40-38(16-12-29-13-17-39(37)42(28)43(29)40)36-24-34(32-8-4-19-44-26-32)23-35(25-36)33-9-5-20-45-27-33;1-2-4-6-5-3-1;1-3-4-2;1-2-3-4/h1-27H;1-5H;3-4H,1-2H2;2-4H,1H2. The molecule has 1 N–H and O–H groups in total. The fourth-order valence-electron chi connectivity index (χ4n) is 7.18. The van der Waals surface area contributed by atoms with Gasteiger partial charge in [-0.3, -0.25) is 19.9 Å². The molecule has 5 heteroatoms. The Kier molecular flexibility index (Phi) is 13.2. The van der Waals surface area contributed by atoms with Crippen molar-refractivity contribution >= 4 is 38.5 Å². The van der Waals surface area contributed by atoms with E-state index in [-0.39, 0.29) is 0 Å². The van der Waals surface area contributed by atoms with Crippen molar-refractivity contribution in [1.29, 1.82) is 5.41 Å². The first-order valence-electron chi connectivity index (χ1n) is 19.5. The lowest BCUT2D eigenvalue weighted by atomic mass is 9.86. The Labute approximate surface area is 351 Å². The lowest BCUT2D eigenvalue weighted by Gasteiger charge is -2.18. The molecule has 4 heterocycles. The Hall–Kier alpha value is -8.15. The molecule has 0 saturated carbocycles. The number of hydrogen-bond donors (Lipinski definition) is 1. The average Bonchev–Trinajstić information content (AvgIpc) is 3.34. The normalized spacial score (nSPS) is 10.3. The molecule has 6 aromatic carbocycles. The quantitative estimate of drug-likeness (QED) is 0.0994. The molecule has 10 aromatic rings. The number of hydrogen-bond acceptors (Lipinski definition) is 5. The van der Waals surface area contributed by atoms with Gasteiger partial charge in [-0.1, -0.05) is 129 Å². The third kappa shape index (κ3) is 9.18. The third-order valence-corrected chi connectivity index (χ3v) is 9.88. The second-order valence-corrected chi connectivity index (χ2v) is 13.6. The van der Waals surface area contributed by atoms with Crippen molar-refractivity contribution in [2.45, 2.75) is 0 Å². The maximum atomic E-state index is 6.21. The van der Waals surface area contributed by atoms with E-state index >= 15 is 0 Å². The van der Waals surface area contributed by atoms with Gasteiger partial charge < -0.3 is 5.41 Å². The van der Waals surface area contributed by atoms with Crippen LogP contribution in [0, 0.1) is 5.41 Å². The first-order chi connectivity index (χ1) is 29.6. The predicted octanol–water partition coefficient (Wildman–Crippen LogP) is 14.4. The first kappa shape index (κ1) is 40.1. The number of pyridine rings is 4. The SMILES string of the molecule is C=CC=C.C=CC=N.c1ccc(-c2cccc(-c3ccc4ccc5c(-c6cc(-c7cccnc7)cc(-c7cccnc7)c6)ccc6ccc3c4c65)c2)nc1.c1ccncc1. The summed E-state index contributed by atoms with van der Waals surface area (Å²) in [5.74, 6) is 0. The number of nitrogens with one attached hydrogen (secondary N) is 1. The minimum atomic E-state index is 0.978. The summed E-state index contributed by atoms with van der Waals surface area (Å²) in [6, 6.07) is 53.7. The molecule has 288 valence electrons. The Balaban J connectivity index is 0.000000336. The van der Waals surface area contributed by atoms with Crippen molar-refractivity contribution in [1.82, 2.24) is 19.9 Å². The van der Waals surface area contributed by atoms with Crippen molar-refractivity contribution in [2.75, 3.05) is 0 Å². The van der Waals surface area contributed by atoms with Crippen molar-refractivity contribution in [3.05, 3.63) is 233 Å². The molecule has 0 bridgehead atoms. The van der Waals surface area contributed by atoms with Crippen molar-refractivity contribution in [3.63, 3.8) is 0 Å². The summed E-state index contributed by atoms with van der Waals surface area (Å²) in [6.07, 6.45) is 18.7. The summed E-state index contributed by atoms with van der Waals surface area (Å²) in [5.41, 5.74) is 11.3. The average molecular weight is 774 g/mol. The first-order valence-corrected chi connectivity index (χ1v) is 19.5. The van der Waals surface area contributed by atoms with Gasteiger partial charge in [-0.15, -0.1) is 0 Å². The van der Waals surface area contributed by atoms with Crippen LogP contribution >= 0.6 is 0 Å². The monoisotopic (exact) mass is 773 g/mol. The van der Waals surface area contributed by atoms with Crippen molar-refractivity contribution in [2.24, 2.45) is 0 Å². The highest BCUT2D eigenvalue weighted by Gasteiger charge is 2.16. The largest absolute Gasteiger partial charge is 0.309 e. The molecule has 0 amide bonds. The summed E-state index contributed by atoms with van der Waals surface area (Å²) >= 11 is 0. The van der Waals surface area contributed by atoms with E-state index in [2.05, 4.69) is 149 Å². The third-order valence-electron chi connectivity index (χ3n) is 9.88. The summed E-state index contributed by atoms with van der Waals surface area (Å²) in [6.45, 7) is 9.96. The zero-order valence-corrected chi connectivity index (χ0v) is 33.2. The molecule has 0 saturated heterocycles. The van der Waals surface area contributed by atoms with Crippen LogP contribution in [-0.4, -0.2) is 26.2 Å². The molecule has 0 atom stereocenters. The van der Waals surface area contributed by atoms with Gasteiger partial charge in [-0.05, 0) is 126 Å². The van der Waals surface area contributed by atoms with Crippen LogP contribution in [0.15, 0.2) is 233 Å². The molecule has 60 heavy (non-hydrogen) atoms. The predicted molar refractivity (Wildman–Crippen MR) is 254 cm³/mol. The van der Waals surface area contributed by atoms with E-state index in [4.69, 9.17) is 5.41 Å². The van der Waals surface area contributed by atoms with Crippen molar-refractivity contribution in [3.8, 4) is 55.8 Å². The molecule has 0 aliphatic heterocycles.